The van der Waals surface area contributed by atoms with Gasteiger partial charge in [-0.25, -0.2) is 4.39 Å². The number of nitrogens with zero attached hydrogens (tertiary/aromatic N) is 1. The quantitative estimate of drug-likeness (QED) is 0.855. The zero-order chi connectivity index (χ0) is 13.8. The van der Waals surface area contributed by atoms with Gasteiger partial charge in [0.05, 0.1) is 6.07 Å². The van der Waals surface area contributed by atoms with Crippen LogP contribution in [0, 0.1) is 17.1 Å². The second-order valence-corrected chi connectivity index (χ2v) is 4.86. The maximum Gasteiger partial charge on any atom is 0.183 e. The Bertz CT molecular complexity index is 500. The SMILES string of the molecule is N#CC(C(=O)C1CCCCO1)c1c(F)cccc1Cl. The monoisotopic (exact) mass is 281 g/mol. The van der Waals surface area contributed by atoms with Gasteiger partial charge in [-0.15, -0.1) is 0 Å². The van der Waals surface area contributed by atoms with Crippen molar-refractivity contribution in [1.82, 2.24) is 0 Å². The molecule has 1 fully saturated rings. The molecule has 0 amide bonds. The van der Waals surface area contributed by atoms with Gasteiger partial charge in [-0.2, -0.15) is 5.26 Å². The van der Waals surface area contributed by atoms with Gasteiger partial charge in [0.1, 0.15) is 17.8 Å². The highest BCUT2D eigenvalue weighted by Gasteiger charge is 2.33. The molecule has 0 N–H and O–H groups in total. The topological polar surface area (TPSA) is 50.1 Å². The molecular weight excluding hydrogens is 269 g/mol. The highest BCUT2D eigenvalue weighted by atomic mass is 35.5. The summed E-state index contributed by atoms with van der Waals surface area (Å²) >= 11 is 5.90. The Labute approximate surface area is 115 Å². The predicted molar refractivity (Wildman–Crippen MR) is 68.4 cm³/mol. The fourth-order valence-electron chi connectivity index (χ4n) is 2.21. The molecule has 1 saturated heterocycles. The van der Waals surface area contributed by atoms with Gasteiger partial charge in [0.25, 0.3) is 0 Å². The molecule has 0 bridgehead atoms. The van der Waals surface area contributed by atoms with Crippen LogP contribution in [0.5, 0.6) is 0 Å². The average molecular weight is 282 g/mol. The molecule has 5 heteroatoms. The Balaban J connectivity index is 2.29. The summed E-state index contributed by atoms with van der Waals surface area (Å²) in [4.78, 5) is 12.3. The number of rotatable bonds is 3. The van der Waals surface area contributed by atoms with E-state index in [0.29, 0.717) is 13.0 Å². The van der Waals surface area contributed by atoms with Crippen LogP contribution in [-0.4, -0.2) is 18.5 Å². The number of benzene rings is 1. The van der Waals surface area contributed by atoms with Crippen molar-refractivity contribution < 1.29 is 13.9 Å². The van der Waals surface area contributed by atoms with Crippen LogP contribution >= 0.6 is 11.6 Å². The van der Waals surface area contributed by atoms with E-state index in [-0.39, 0.29) is 10.6 Å². The number of nitriles is 1. The van der Waals surface area contributed by atoms with E-state index >= 15 is 0 Å². The van der Waals surface area contributed by atoms with Gasteiger partial charge in [-0.3, -0.25) is 4.79 Å². The molecule has 1 aromatic rings. The summed E-state index contributed by atoms with van der Waals surface area (Å²) < 4.78 is 19.1. The van der Waals surface area contributed by atoms with Crippen LogP contribution in [0.15, 0.2) is 18.2 Å². The summed E-state index contributed by atoms with van der Waals surface area (Å²) in [6.45, 7) is 0.500. The summed E-state index contributed by atoms with van der Waals surface area (Å²) in [5.41, 5.74) is -0.0501. The van der Waals surface area contributed by atoms with Crippen LogP contribution in [-0.2, 0) is 9.53 Å². The lowest BCUT2D eigenvalue weighted by molar-refractivity contribution is -0.133. The molecule has 2 unspecified atom stereocenters. The molecule has 1 aliphatic heterocycles. The minimum Gasteiger partial charge on any atom is -0.370 e. The van der Waals surface area contributed by atoms with Crippen LogP contribution < -0.4 is 0 Å². The molecular formula is C14H13ClFNO2. The molecule has 0 radical (unpaired) electrons. The Morgan fingerprint density at radius 2 is 2.32 bits per heavy atom. The van der Waals surface area contributed by atoms with E-state index in [9.17, 15) is 14.4 Å². The molecule has 2 rings (SSSR count). The summed E-state index contributed by atoms with van der Waals surface area (Å²) in [7, 11) is 0. The first-order valence-corrected chi connectivity index (χ1v) is 6.52. The van der Waals surface area contributed by atoms with Gasteiger partial charge in [0, 0.05) is 17.2 Å². The molecule has 0 spiro atoms. The van der Waals surface area contributed by atoms with E-state index in [1.807, 2.05) is 6.07 Å². The standard InChI is InChI=1S/C14H13ClFNO2/c15-10-4-3-5-11(16)13(10)9(8-17)14(18)12-6-1-2-7-19-12/h3-5,9,12H,1-2,6-7H2. The van der Waals surface area contributed by atoms with Crippen molar-refractivity contribution in [1.29, 1.82) is 5.26 Å². The zero-order valence-electron chi connectivity index (χ0n) is 10.2. The van der Waals surface area contributed by atoms with Crippen molar-refractivity contribution in [2.45, 2.75) is 31.3 Å². The number of Topliss-reactive ketones (excluding diaryl/α,β-unsaturated/α-hetero) is 1. The van der Waals surface area contributed by atoms with Crippen molar-refractivity contribution in [3.05, 3.63) is 34.6 Å². The van der Waals surface area contributed by atoms with Crippen LogP contribution in [0.2, 0.25) is 5.02 Å². The van der Waals surface area contributed by atoms with Crippen LogP contribution in [0.1, 0.15) is 30.7 Å². The molecule has 0 aliphatic carbocycles. The maximum absolute atomic E-state index is 13.8. The lowest BCUT2D eigenvalue weighted by Crippen LogP contribution is -2.32. The van der Waals surface area contributed by atoms with E-state index in [1.54, 1.807) is 0 Å². The highest BCUT2D eigenvalue weighted by Crippen LogP contribution is 2.30. The van der Waals surface area contributed by atoms with E-state index in [0.717, 1.165) is 12.8 Å². The van der Waals surface area contributed by atoms with Crippen molar-refractivity contribution in [3.63, 3.8) is 0 Å². The molecule has 3 nitrogen and oxygen atoms in total. The largest absolute Gasteiger partial charge is 0.370 e. The number of hydrogen-bond donors (Lipinski definition) is 0. The molecule has 2 atom stereocenters. The molecule has 19 heavy (non-hydrogen) atoms. The first-order valence-electron chi connectivity index (χ1n) is 6.14. The summed E-state index contributed by atoms with van der Waals surface area (Å²) in [6, 6.07) is 5.95. The van der Waals surface area contributed by atoms with Gasteiger partial charge >= 0.3 is 0 Å². The third-order valence-electron chi connectivity index (χ3n) is 3.20. The normalized spacial score (nSPS) is 20.6. The Morgan fingerprint density at radius 1 is 1.53 bits per heavy atom. The fourth-order valence-corrected chi connectivity index (χ4v) is 2.48. The lowest BCUT2D eigenvalue weighted by atomic mass is 9.90. The number of ether oxygens (including phenoxy) is 1. The van der Waals surface area contributed by atoms with Crippen LogP contribution in [0.4, 0.5) is 4.39 Å². The van der Waals surface area contributed by atoms with E-state index in [1.165, 1.54) is 18.2 Å². The Hall–Kier alpha value is -1.44. The summed E-state index contributed by atoms with van der Waals surface area (Å²) in [6.07, 6.45) is 1.72. The molecule has 1 aliphatic rings. The first-order chi connectivity index (χ1) is 9.15. The molecule has 1 aromatic carbocycles. The number of hydrogen-bond acceptors (Lipinski definition) is 3. The van der Waals surface area contributed by atoms with Gasteiger partial charge in [-0.1, -0.05) is 17.7 Å². The summed E-state index contributed by atoms with van der Waals surface area (Å²) in [5.74, 6) is -2.26. The van der Waals surface area contributed by atoms with Gasteiger partial charge in [0.15, 0.2) is 5.78 Å². The maximum atomic E-state index is 13.8. The Morgan fingerprint density at radius 3 is 2.89 bits per heavy atom. The van der Waals surface area contributed by atoms with E-state index in [2.05, 4.69) is 0 Å². The van der Waals surface area contributed by atoms with E-state index < -0.39 is 23.6 Å². The average Bonchev–Trinajstić information content (AvgIpc) is 2.43. The molecule has 1 heterocycles. The molecule has 0 aromatic heterocycles. The third-order valence-corrected chi connectivity index (χ3v) is 3.53. The van der Waals surface area contributed by atoms with Gasteiger partial charge < -0.3 is 4.74 Å². The highest BCUT2D eigenvalue weighted by molar-refractivity contribution is 6.31. The lowest BCUT2D eigenvalue weighted by Gasteiger charge is -2.23. The second kappa shape index (κ2) is 6.14. The van der Waals surface area contributed by atoms with Crippen LogP contribution in [0.25, 0.3) is 0 Å². The number of carbonyl (C=O) groups excluding carboxylic acids is 1. The number of carbonyl (C=O) groups is 1. The fraction of sp³-hybridized carbons (Fsp3) is 0.429. The Kier molecular flexibility index (Phi) is 4.52. The van der Waals surface area contributed by atoms with E-state index in [4.69, 9.17) is 16.3 Å². The first kappa shape index (κ1) is 14.0. The number of ketones is 1. The minimum absolute atomic E-state index is 0.0501. The minimum atomic E-state index is -1.21. The van der Waals surface area contributed by atoms with Crippen molar-refractivity contribution in [2.24, 2.45) is 0 Å². The van der Waals surface area contributed by atoms with Crippen LogP contribution in [0.3, 0.4) is 0 Å². The summed E-state index contributed by atoms with van der Waals surface area (Å²) in [5, 5.41) is 9.27. The second-order valence-electron chi connectivity index (χ2n) is 4.46. The predicted octanol–water partition coefficient (Wildman–Crippen LogP) is 3.22. The third kappa shape index (κ3) is 2.94. The van der Waals surface area contributed by atoms with Gasteiger partial charge in [0.2, 0.25) is 0 Å². The van der Waals surface area contributed by atoms with Crippen molar-refractivity contribution in [2.75, 3.05) is 6.61 Å². The van der Waals surface area contributed by atoms with Gasteiger partial charge in [-0.05, 0) is 31.4 Å². The number of halogens is 2. The smallest absolute Gasteiger partial charge is 0.183 e. The molecule has 0 saturated carbocycles. The zero-order valence-corrected chi connectivity index (χ0v) is 11.0. The molecule has 100 valence electrons. The van der Waals surface area contributed by atoms with Crippen molar-refractivity contribution in [3.8, 4) is 6.07 Å². The van der Waals surface area contributed by atoms with Crippen molar-refractivity contribution >= 4 is 17.4 Å².